The van der Waals surface area contributed by atoms with Crippen molar-refractivity contribution in [2.24, 2.45) is 0 Å². The number of carbonyl (C=O) groups is 1. The average molecular weight is 280 g/mol. The van der Waals surface area contributed by atoms with Gasteiger partial charge >= 0.3 is 0 Å². The minimum atomic E-state index is -0.237. The van der Waals surface area contributed by atoms with Gasteiger partial charge in [0.05, 0.1) is 0 Å². The zero-order valence-corrected chi connectivity index (χ0v) is 12.3. The highest BCUT2D eigenvalue weighted by Crippen LogP contribution is 2.15. The molecular formula is C14H24N4O2. The number of piperidine rings is 1. The second-order valence-corrected chi connectivity index (χ2v) is 5.15. The van der Waals surface area contributed by atoms with E-state index in [-0.39, 0.29) is 24.1 Å². The first-order chi connectivity index (χ1) is 9.60. The Morgan fingerprint density at radius 3 is 2.75 bits per heavy atom. The standard InChI is InChI=1S/C14H24N4O2/c1-17-7-4-13(5-8-17)18(2)14(20)12(10-15)11-16-6-3-9-19/h11,13,16,19H,3-9H2,1-2H3/b12-11-. The fourth-order valence-corrected chi connectivity index (χ4v) is 2.24. The predicted molar refractivity (Wildman–Crippen MR) is 76.7 cm³/mol. The Balaban J connectivity index is 2.55. The molecule has 0 radical (unpaired) electrons. The first kappa shape index (κ1) is 16.5. The van der Waals surface area contributed by atoms with Gasteiger partial charge in [-0.15, -0.1) is 0 Å². The second-order valence-electron chi connectivity index (χ2n) is 5.15. The van der Waals surface area contributed by atoms with Crippen LogP contribution in [0.2, 0.25) is 0 Å². The molecule has 1 aliphatic rings. The Bertz CT molecular complexity index is 381. The Labute approximate surface area is 120 Å². The van der Waals surface area contributed by atoms with Crippen molar-refractivity contribution in [2.75, 3.05) is 40.3 Å². The van der Waals surface area contributed by atoms with Crippen LogP contribution in [0.25, 0.3) is 0 Å². The molecule has 1 rings (SSSR count). The molecule has 0 atom stereocenters. The highest BCUT2D eigenvalue weighted by Gasteiger charge is 2.25. The molecule has 0 aromatic heterocycles. The molecule has 1 fully saturated rings. The van der Waals surface area contributed by atoms with Crippen LogP contribution < -0.4 is 5.32 Å². The summed E-state index contributed by atoms with van der Waals surface area (Å²) in [4.78, 5) is 16.2. The molecule has 0 bridgehead atoms. The minimum absolute atomic E-state index is 0.0895. The quantitative estimate of drug-likeness (QED) is 0.404. The van der Waals surface area contributed by atoms with E-state index in [2.05, 4.69) is 17.3 Å². The number of carbonyl (C=O) groups excluding carboxylic acids is 1. The fraction of sp³-hybridized carbons (Fsp3) is 0.714. The molecule has 112 valence electrons. The molecule has 20 heavy (non-hydrogen) atoms. The molecule has 0 saturated carbocycles. The Hall–Kier alpha value is -1.58. The summed E-state index contributed by atoms with van der Waals surface area (Å²) in [7, 11) is 3.83. The summed E-state index contributed by atoms with van der Waals surface area (Å²) in [5.74, 6) is -0.237. The monoisotopic (exact) mass is 280 g/mol. The third-order valence-electron chi connectivity index (χ3n) is 3.63. The van der Waals surface area contributed by atoms with Crippen LogP contribution in [0.1, 0.15) is 19.3 Å². The average Bonchev–Trinajstić information content (AvgIpc) is 2.47. The second kappa shape index (κ2) is 8.56. The van der Waals surface area contributed by atoms with Gasteiger partial charge in [-0.3, -0.25) is 4.79 Å². The van der Waals surface area contributed by atoms with Crippen LogP contribution >= 0.6 is 0 Å². The van der Waals surface area contributed by atoms with Gasteiger partial charge in [-0.05, 0) is 39.4 Å². The van der Waals surface area contributed by atoms with Crippen molar-refractivity contribution in [3.8, 4) is 6.07 Å². The van der Waals surface area contributed by atoms with Crippen LogP contribution in [0.3, 0.4) is 0 Å². The van der Waals surface area contributed by atoms with E-state index in [9.17, 15) is 4.79 Å². The lowest BCUT2D eigenvalue weighted by atomic mass is 10.0. The van der Waals surface area contributed by atoms with Crippen LogP contribution in [0.5, 0.6) is 0 Å². The van der Waals surface area contributed by atoms with Crippen LogP contribution in [0, 0.1) is 11.3 Å². The van der Waals surface area contributed by atoms with Crippen molar-refractivity contribution >= 4 is 5.91 Å². The van der Waals surface area contributed by atoms with Crippen LogP contribution in [-0.4, -0.2) is 67.2 Å². The predicted octanol–water partition coefficient (Wildman–Crippen LogP) is -0.0815. The number of aliphatic hydroxyl groups is 1. The number of hydrogen-bond donors (Lipinski definition) is 2. The molecule has 0 spiro atoms. The molecule has 1 saturated heterocycles. The first-order valence-corrected chi connectivity index (χ1v) is 7.00. The van der Waals surface area contributed by atoms with Crippen molar-refractivity contribution in [1.82, 2.24) is 15.1 Å². The molecule has 6 heteroatoms. The summed E-state index contributed by atoms with van der Waals surface area (Å²) in [5, 5.41) is 20.6. The van der Waals surface area contributed by atoms with Gasteiger partial charge in [-0.1, -0.05) is 0 Å². The van der Waals surface area contributed by atoms with E-state index >= 15 is 0 Å². The third kappa shape index (κ3) is 4.83. The molecule has 1 aliphatic heterocycles. The maximum atomic E-state index is 12.3. The smallest absolute Gasteiger partial charge is 0.265 e. The van der Waals surface area contributed by atoms with Crippen molar-refractivity contribution in [3.63, 3.8) is 0 Å². The number of hydrogen-bond acceptors (Lipinski definition) is 5. The topological polar surface area (TPSA) is 79.6 Å². The van der Waals surface area contributed by atoms with Gasteiger partial charge in [0, 0.05) is 32.4 Å². The lowest BCUT2D eigenvalue weighted by Crippen LogP contribution is -2.45. The molecule has 0 aromatic rings. The number of likely N-dealkylation sites (N-methyl/N-ethyl adjacent to an activating group) is 1. The number of nitrogens with zero attached hydrogens (tertiary/aromatic N) is 3. The summed E-state index contributed by atoms with van der Waals surface area (Å²) >= 11 is 0. The molecule has 0 unspecified atom stereocenters. The van der Waals surface area contributed by atoms with Crippen molar-refractivity contribution in [2.45, 2.75) is 25.3 Å². The lowest BCUT2D eigenvalue weighted by molar-refractivity contribution is -0.128. The van der Waals surface area contributed by atoms with Crippen molar-refractivity contribution in [3.05, 3.63) is 11.8 Å². The van der Waals surface area contributed by atoms with Gasteiger partial charge in [0.25, 0.3) is 5.91 Å². The van der Waals surface area contributed by atoms with Gasteiger partial charge in [-0.25, -0.2) is 0 Å². The minimum Gasteiger partial charge on any atom is -0.396 e. The van der Waals surface area contributed by atoms with E-state index in [1.54, 1.807) is 11.9 Å². The highest BCUT2D eigenvalue weighted by atomic mass is 16.3. The van der Waals surface area contributed by atoms with Crippen LogP contribution in [0.4, 0.5) is 0 Å². The zero-order chi connectivity index (χ0) is 15.0. The third-order valence-corrected chi connectivity index (χ3v) is 3.63. The summed E-state index contributed by atoms with van der Waals surface area (Å²) in [6.07, 6.45) is 3.92. The van der Waals surface area contributed by atoms with Crippen LogP contribution in [0.15, 0.2) is 11.8 Å². The number of nitrogens with one attached hydrogen (secondary N) is 1. The van der Waals surface area contributed by atoms with Gasteiger partial charge < -0.3 is 20.2 Å². The van der Waals surface area contributed by atoms with E-state index < -0.39 is 0 Å². The van der Waals surface area contributed by atoms with E-state index in [0.29, 0.717) is 13.0 Å². The van der Waals surface area contributed by atoms with E-state index in [1.807, 2.05) is 6.07 Å². The summed E-state index contributed by atoms with van der Waals surface area (Å²) in [6.45, 7) is 2.59. The summed E-state index contributed by atoms with van der Waals surface area (Å²) in [6, 6.07) is 2.14. The maximum Gasteiger partial charge on any atom is 0.265 e. The van der Waals surface area contributed by atoms with Gasteiger partial charge in [-0.2, -0.15) is 5.26 Å². The lowest BCUT2D eigenvalue weighted by Gasteiger charge is -2.34. The molecule has 1 heterocycles. The number of amides is 1. The zero-order valence-electron chi connectivity index (χ0n) is 12.3. The van der Waals surface area contributed by atoms with Gasteiger partial charge in [0.2, 0.25) is 0 Å². The summed E-state index contributed by atoms with van der Waals surface area (Å²) in [5.41, 5.74) is 0.115. The Morgan fingerprint density at radius 2 is 2.20 bits per heavy atom. The number of rotatable bonds is 6. The molecule has 0 aromatic carbocycles. The first-order valence-electron chi connectivity index (χ1n) is 7.00. The number of likely N-dealkylation sites (tertiary alicyclic amines) is 1. The maximum absolute atomic E-state index is 12.3. The molecule has 1 amide bonds. The summed E-state index contributed by atoms with van der Waals surface area (Å²) < 4.78 is 0. The highest BCUT2D eigenvalue weighted by molar-refractivity contribution is 5.97. The number of nitriles is 1. The van der Waals surface area contributed by atoms with E-state index in [0.717, 1.165) is 25.9 Å². The van der Waals surface area contributed by atoms with Gasteiger partial charge in [0.15, 0.2) is 0 Å². The Morgan fingerprint density at radius 1 is 1.55 bits per heavy atom. The van der Waals surface area contributed by atoms with Crippen LogP contribution in [-0.2, 0) is 4.79 Å². The molecular weight excluding hydrogens is 256 g/mol. The molecule has 6 nitrogen and oxygen atoms in total. The van der Waals surface area contributed by atoms with Crippen molar-refractivity contribution < 1.29 is 9.90 Å². The fourth-order valence-electron chi connectivity index (χ4n) is 2.24. The normalized spacial score (nSPS) is 17.6. The van der Waals surface area contributed by atoms with E-state index in [1.165, 1.54) is 6.20 Å². The van der Waals surface area contributed by atoms with E-state index in [4.69, 9.17) is 10.4 Å². The van der Waals surface area contributed by atoms with Crippen molar-refractivity contribution in [1.29, 1.82) is 5.26 Å². The number of aliphatic hydroxyl groups excluding tert-OH is 1. The largest absolute Gasteiger partial charge is 0.396 e. The molecule has 2 N–H and O–H groups in total. The Kier molecular flexibility index (Phi) is 7.05. The molecule has 0 aliphatic carbocycles. The van der Waals surface area contributed by atoms with Gasteiger partial charge in [0.1, 0.15) is 11.6 Å². The SMILES string of the molecule is CN1CCC(N(C)C(=O)/C(C#N)=C\NCCCO)CC1.